The van der Waals surface area contributed by atoms with Gasteiger partial charge in [0.05, 0.1) is 25.2 Å². The second kappa shape index (κ2) is 6.88. The number of hydrogen-bond acceptors (Lipinski definition) is 4. The molecule has 7 heteroatoms. The Labute approximate surface area is 135 Å². The number of aromatic nitrogens is 2. The number of aryl methyl sites for hydroxylation is 1. The summed E-state index contributed by atoms with van der Waals surface area (Å²) < 4.78 is 5.40. The molecular weight excluding hydrogens is 296 g/mol. The van der Waals surface area contributed by atoms with Gasteiger partial charge in [-0.1, -0.05) is 12.8 Å². The van der Waals surface area contributed by atoms with Crippen LogP contribution in [-0.4, -0.2) is 59.4 Å². The summed E-state index contributed by atoms with van der Waals surface area (Å²) in [6.07, 6.45) is 4.45. The highest BCUT2D eigenvalue weighted by Gasteiger charge is 2.37. The van der Waals surface area contributed by atoms with E-state index in [1.54, 1.807) is 6.92 Å². The number of aromatic amines is 2. The minimum Gasteiger partial charge on any atom is -0.379 e. The molecule has 1 aliphatic heterocycles. The molecule has 0 bridgehead atoms. The van der Waals surface area contributed by atoms with Gasteiger partial charge in [-0.05, 0) is 19.8 Å². The molecule has 128 valence electrons. The molecule has 1 aromatic heterocycles. The molecular formula is C16H26N4O3. The average Bonchev–Trinajstić information content (AvgIpc) is 3.10. The zero-order chi connectivity index (χ0) is 16.3. The van der Waals surface area contributed by atoms with E-state index in [9.17, 15) is 9.59 Å². The molecule has 7 nitrogen and oxygen atoms in total. The molecule has 1 aromatic rings. The first-order valence-electron chi connectivity index (χ1n) is 8.45. The lowest BCUT2D eigenvalue weighted by Gasteiger charge is -2.37. The number of carbonyl (C=O) groups excluding carboxylic acids is 1. The predicted octanol–water partition coefficient (Wildman–Crippen LogP) is 0.315. The van der Waals surface area contributed by atoms with Crippen molar-refractivity contribution in [2.45, 2.75) is 44.6 Å². The van der Waals surface area contributed by atoms with Crippen LogP contribution in [0.1, 0.15) is 36.9 Å². The van der Waals surface area contributed by atoms with Gasteiger partial charge in [0.2, 0.25) is 5.91 Å². The van der Waals surface area contributed by atoms with E-state index in [1.165, 1.54) is 0 Å². The first-order chi connectivity index (χ1) is 11.1. The number of amides is 1. The third-order valence-corrected chi connectivity index (χ3v) is 5.02. The lowest BCUT2D eigenvalue weighted by molar-refractivity contribution is -0.122. The van der Waals surface area contributed by atoms with Crippen molar-refractivity contribution in [3.63, 3.8) is 0 Å². The number of hydrogen-bond donors (Lipinski definition) is 3. The minimum atomic E-state index is -0.202. The van der Waals surface area contributed by atoms with Gasteiger partial charge in [-0.3, -0.25) is 19.6 Å². The summed E-state index contributed by atoms with van der Waals surface area (Å²) in [5.41, 5.74) is 0.915. The van der Waals surface area contributed by atoms with E-state index in [1.807, 2.05) is 0 Å². The molecule has 2 aliphatic rings. The van der Waals surface area contributed by atoms with E-state index in [0.717, 1.165) is 64.2 Å². The first-order valence-corrected chi connectivity index (χ1v) is 8.45. The van der Waals surface area contributed by atoms with Crippen LogP contribution in [0, 0.1) is 6.92 Å². The van der Waals surface area contributed by atoms with Crippen LogP contribution < -0.4 is 10.9 Å². The van der Waals surface area contributed by atoms with Gasteiger partial charge < -0.3 is 15.2 Å². The van der Waals surface area contributed by atoms with Gasteiger partial charge >= 0.3 is 0 Å². The highest BCUT2D eigenvalue weighted by Crippen LogP contribution is 2.31. The molecule has 3 N–H and O–H groups in total. The van der Waals surface area contributed by atoms with Gasteiger partial charge in [0.25, 0.3) is 5.56 Å². The standard InChI is InChI=1S/C16H26N4O3/c1-12-13(15(22)19-18-12)10-14(21)17-16(4-2-3-5-16)11-20-6-8-23-9-7-20/h2-11H2,1H3,(H,17,21)(H2,18,19,22). The van der Waals surface area contributed by atoms with Gasteiger partial charge in [0.1, 0.15) is 0 Å². The van der Waals surface area contributed by atoms with Gasteiger partial charge in [0, 0.05) is 30.9 Å². The van der Waals surface area contributed by atoms with Crippen LogP contribution >= 0.6 is 0 Å². The maximum atomic E-state index is 12.5. The molecule has 1 aliphatic carbocycles. The molecule has 0 radical (unpaired) electrons. The lowest BCUT2D eigenvalue weighted by atomic mass is 9.95. The third-order valence-electron chi connectivity index (χ3n) is 5.02. The zero-order valence-corrected chi connectivity index (χ0v) is 13.7. The Balaban J connectivity index is 1.64. The summed E-state index contributed by atoms with van der Waals surface area (Å²) in [6.45, 7) is 6.07. The summed E-state index contributed by atoms with van der Waals surface area (Å²) >= 11 is 0. The van der Waals surface area contributed by atoms with E-state index in [2.05, 4.69) is 20.4 Å². The quantitative estimate of drug-likeness (QED) is 0.728. The largest absolute Gasteiger partial charge is 0.379 e. The molecule has 1 amide bonds. The van der Waals surface area contributed by atoms with Crippen molar-refractivity contribution in [2.24, 2.45) is 0 Å². The van der Waals surface area contributed by atoms with Crippen molar-refractivity contribution in [3.05, 3.63) is 21.6 Å². The fourth-order valence-corrected chi connectivity index (χ4v) is 3.75. The number of nitrogens with one attached hydrogen (secondary N) is 3. The Hall–Kier alpha value is -1.60. The summed E-state index contributed by atoms with van der Waals surface area (Å²) in [5, 5.41) is 8.54. The van der Waals surface area contributed by atoms with Crippen molar-refractivity contribution in [1.29, 1.82) is 0 Å². The molecule has 0 atom stereocenters. The Morgan fingerprint density at radius 2 is 1.96 bits per heavy atom. The second-order valence-corrected chi connectivity index (χ2v) is 6.78. The van der Waals surface area contributed by atoms with Crippen LogP contribution in [0.5, 0.6) is 0 Å². The highest BCUT2D eigenvalue weighted by molar-refractivity contribution is 5.79. The van der Waals surface area contributed by atoms with Crippen LogP contribution in [0.25, 0.3) is 0 Å². The Kier molecular flexibility index (Phi) is 4.87. The van der Waals surface area contributed by atoms with Crippen LogP contribution in [0.15, 0.2) is 4.79 Å². The fourth-order valence-electron chi connectivity index (χ4n) is 3.75. The molecule has 3 rings (SSSR count). The number of ether oxygens (including phenoxy) is 1. The smallest absolute Gasteiger partial charge is 0.267 e. The SMILES string of the molecule is Cc1[nH][nH]c(=O)c1CC(=O)NC1(CN2CCOCC2)CCCC1. The summed E-state index contributed by atoms with van der Waals surface area (Å²) in [4.78, 5) is 26.6. The Bertz CT molecular complexity index is 595. The topological polar surface area (TPSA) is 90.2 Å². The number of carbonyl (C=O) groups is 1. The van der Waals surface area contributed by atoms with Crippen molar-refractivity contribution < 1.29 is 9.53 Å². The number of rotatable bonds is 5. The monoisotopic (exact) mass is 322 g/mol. The van der Waals surface area contributed by atoms with Gasteiger partial charge in [0.15, 0.2) is 0 Å². The lowest BCUT2D eigenvalue weighted by Crippen LogP contribution is -2.56. The van der Waals surface area contributed by atoms with E-state index >= 15 is 0 Å². The van der Waals surface area contributed by atoms with Crippen LogP contribution in [0.3, 0.4) is 0 Å². The normalized spacial score (nSPS) is 21.4. The van der Waals surface area contributed by atoms with Gasteiger partial charge in [-0.25, -0.2) is 0 Å². The summed E-state index contributed by atoms with van der Waals surface area (Å²) in [7, 11) is 0. The molecule has 1 saturated carbocycles. The van der Waals surface area contributed by atoms with E-state index in [0.29, 0.717) is 5.56 Å². The summed E-state index contributed by atoms with van der Waals surface area (Å²) in [5.74, 6) is -0.0617. The predicted molar refractivity (Wildman–Crippen MR) is 86.5 cm³/mol. The molecule has 2 fully saturated rings. The molecule has 2 heterocycles. The highest BCUT2D eigenvalue weighted by atomic mass is 16.5. The van der Waals surface area contributed by atoms with Crippen LogP contribution in [-0.2, 0) is 16.0 Å². The summed E-state index contributed by atoms with van der Waals surface area (Å²) in [6, 6.07) is 0. The third kappa shape index (κ3) is 3.84. The van der Waals surface area contributed by atoms with Crippen LogP contribution in [0.2, 0.25) is 0 Å². The number of nitrogens with zero attached hydrogens (tertiary/aromatic N) is 1. The molecule has 0 unspecified atom stereocenters. The van der Waals surface area contributed by atoms with Gasteiger partial charge in [-0.15, -0.1) is 0 Å². The van der Waals surface area contributed by atoms with Crippen molar-refractivity contribution in [2.75, 3.05) is 32.8 Å². The fraction of sp³-hybridized carbons (Fsp3) is 0.750. The van der Waals surface area contributed by atoms with E-state index < -0.39 is 0 Å². The molecule has 0 aromatic carbocycles. The first kappa shape index (κ1) is 16.3. The zero-order valence-electron chi connectivity index (χ0n) is 13.7. The van der Waals surface area contributed by atoms with Gasteiger partial charge in [-0.2, -0.15) is 0 Å². The number of morpholine rings is 1. The molecule has 23 heavy (non-hydrogen) atoms. The van der Waals surface area contributed by atoms with Crippen LogP contribution in [0.4, 0.5) is 0 Å². The maximum Gasteiger partial charge on any atom is 0.267 e. The average molecular weight is 322 g/mol. The Morgan fingerprint density at radius 3 is 2.57 bits per heavy atom. The maximum absolute atomic E-state index is 12.5. The molecule has 1 saturated heterocycles. The van der Waals surface area contributed by atoms with Crippen molar-refractivity contribution in [3.8, 4) is 0 Å². The Morgan fingerprint density at radius 1 is 1.26 bits per heavy atom. The number of H-pyrrole nitrogens is 2. The minimum absolute atomic E-state index is 0.0617. The second-order valence-electron chi connectivity index (χ2n) is 6.78. The molecule has 0 spiro atoms. The van der Waals surface area contributed by atoms with Crippen molar-refractivity contribution >= 4 is 5.91 Å². The van der Waals surface area contributed by atoms with E-state index in [4.69, 9.17) is 4.74 Å². The van der Waals surface area contributed by atoms with E-state index in [-0.39, 0.29) is 23.4 Å². The van der Waals surface area contributed by atoms with Crippen molar-refractivity contribution in [1.82, 2.24) is 20.4 Å².